The minimum absolute atomic E-state index is 0.193. The van der Waals surface area contributed by atoms with Crippen LogP contribution in [-0.2, 0) is 0 Å². The molecule has 3 nitrogen and oxygen atoms in total. The third-order valence-electron chi connectivity index (χ3n) is 4.10. The highest BCUT2D eigenvalue weighted by atomic mass is 19.2. The number of amides is 1. The molecule has 0 spiro atoms. The largest absolute Gasteiger partial charge is 0.339 e. The molecule has 0 saturated carbocycles. The van der Waals surface area contributed by atoms with Crippen LogP contribution in [0.25, 0.3) is 0 Å². The second-order valence-electron chi connectivity index (χ2n) is 5.48. The molecule has 0 bridgehead atoms. The number of halogens is 2. The number of benzene rings is 1. The third-order valence-corrected chi connectivity index (χ3v) is 4.10. The van der Waals surface area contributed by atoms with Gasteiger partial charge in [-0.05, 0) is 48.6 Å². The fraction of sp³-hybridized carbons (Fsp3) is 0.294. The lowest BCUT2D eigenvalue weighted by Gasteiger charge is -2.32. The zero-order chi connectivity index (χ0) is 15.5. The minimum Gasteiger partial charge on any atom is -0.339 e. The van der Waals surface area contributed by atoms with E-state index in [0.717, 1.165) is 25.0 Å². The highest BCUT2D eigenvalue weighted by Gasteiger charge is 2.25. The number of piperidine rings is 1. The molecule has 0 radical (unpaired) electrons. The van der Waals surface area contributed by atoms with Crippen molar-refractivity contribution in [1.82, 2.24) is 9.88 Å². The van der Waals surface area contributed by atoms with Crippen LogP contribution < -0.4 is 0 Å². The zero-order valence-electron chi connectivity index (χ0n) is 12.0. The SMILES string of the molecule is O=C(c1ccc(F)c(F)c1)N1CCC(c2cccnc2)CC1. The van der Waals surface area contributed by atoms with Gasteiger partial charge in [0.25, 0.3) is 5.91 Å². The summed E-state index contributed by atoms with van der Waals surface area (Å²) in [5.41, 5.74) is 1.38. The van der Waals surface area contributed by atoms with Crippen LogP contribution in [0.4, 0.5) is 8.78 Å². The van der Waals surface area contributed by atoms with Gasteiger partial charge in [0.15, 0.2) is 11.6 Å². The van der Waals surface area contributed by atoms with E-state index in [1.807, 2.05) is 18.3 Å². The van der Waals surface area contributed by atoms with E-state index in [9.17, 15) is 13.6 Å². The first-order valence-corrected chi connectivity index (χ1v) is 7.29. The summed E-state index contributed by atoms with van der Waals surface area (Å²) in [4.78, 5) is 18.1. The minimum atomic E-state index is -0.990. The topological polar surface area (TPSA) is 33.2 Å². The number of carbonyl (C=O) groups is 1. The molecule has 0 unspecified atom stereocenters. The van der Waals surface area contributed by atoms with Crippen molar-refractivity contribution >= 4 is 5.91 Å². The van der Waals surface area contributed by atoms with E-state index < -0.39 is 11.6 Å². The van der Waals surface area contributed by atoms with Gasteiger partial charge in [-0.1, -0.05) is 6.07 Å². The lowest BCUT2D eigenvalue weighted by Crippen LogP contribution is -2.38. The molecule has 2 heterocycles. The molecule has 5 heteroatoms. The molecule has 22 heavy (non-hydrogen) atoms. The highest BCUT2D eigenvalue weighted by molar-refractivity contribution is 5.94. The van der Waals surface area contributed by atoms with Gasteiger partial charge < -0.3 is 4.90 Å². The standard InChI is InChI=1S/C17H16F2N2O/c18-15-4-3-13(10-16(15)19)17(22)21-8-5-12(6-9-21)14-2-1-7-20-11-14/h1-4,7,10-12H,5-6,8-9H2. The smallest absolute Gasteiger partial charge is 0.253 e. The fourth-order valence-corrected chi connectivity index (χ4v) is 2.85. The van der Waals surface area contributed by atoms with Crippen LogP contribution in [0.3, 0.4) is 0 Å². The van der Waals surface area contributed by atoms with E-state index in [-0.39, 0.29) is 11.5 Å². The Kier molecular flexibility index (Phi) is 4.13. The Morgan fingerprint density at radius 1 is 1.14 bits per heavy atom. The summed E-state index contributed by atoms with van der Waals surface area (Å²) < 4.78 is 26.2. The predicted molar refractivity (Wildman–Crippen MR) is 78.5 cm³/mol. The van der Waals surface area contributed by atoms with Crippen LogP contribution in [0.15, 0.2) is 42.7 Å². The first-order valence-electron chi connectivity index (χ1n) is 7.29. The molecule has 0 N–H and O–H groups in total. The van der Waals surface area contributed by atoms with Crippen molar-refractivity contribution in [3.63, 3.8) is 0 Å². The Balaban J connectivity index is 1.66. The van der Waals surface area contributed by atoms with Crippen LogP contribution >= 0.6 is 0 Å². The molecule has 1 aliphatic heterocycles. The number of nitrogens with zero attached hydrogens (tertiary/aromatic N) is 2. The Bertz CT molecular complexity index is 668. The zero-order valence-corrected chi connectivity index (χ0v) is 12.0. The van der Waals surface area contributed by atoms with E-state index in [4.69, 9.17) is 0 Å². The second kappa shape index (κ2) is 6.22. The molecular formula is C17H16F2N2O. The molecule has 0 aliphatic carbocycles. The van der Waals surface area contributed by atoms with Gasteiger partial charge in [-0.25, -0.2) is 8.78 Å². The maximum absolute atomic E-state index is 13.2. The number of hydrogen-bond donors (Lipinski definition) is 0. The number of aromatic nitrogens is 1. The summed E-state index contributed by atoms with van der Waals surface area (Å²) >= 11 is 0. The van der Waals surface area contributed by atoms with Crippen LogP contribution in [-0.4, -0.2) is 28.9 Å². The summed E-state index contributed by atoms with van der Waals surface area (Å²) in [6, 6.07) is 7.24. The molecule has 0 atom stereocenters. The summed E-state index contributed by atoms with van der Waals surface area (Å²) in [6.45, 7) is 1.22. The Hall–Kier alpha value is -2.30. The Morgan fingerprint density at radius 3 is 2.55 bits per heavy atom. The number of carbonyl (C=O) groups excluding carboxylic acids is 1. The van der Waals surface area contributed by atoms with E-state index >= 15 is 0 Å². The van der Waals surface area contributed by atoms with Crippen LogP contribution in [0.2, 0.25) is 0 Å². The normalized spacial score (nSPS) is 15.8. The Morgan fingerprint density at radius 2 is 1.91 bits per heavy atom. The first kappa shape index (κ1) is 14.6. The number of rotatable bonds is 2. The lowest BCUT2D eigenvalue weighted by atomic mass is 9.90. The van der Waals surface area contributed by atoms with E-state index in [0.29, 0.717) is 19.0 Å². The fourth-order valence-electron chi connectivity index (χ4n) is 2.85. The molecule has 2 aromatic rings. The van der Waals surface area contributed by atoms with E-state index in [2.05, 4.69) is 4.98 Å². The van der Waals surface area contributed by atoms with Crippen LogP contribution in [0, 0.1) is 11.6 Å². The molecule has 114 valence electrons. The van der Waals surface area contributed by atoms with Gasteiger partial charge in [0.2, 0.25) is 0 Å². The monoisotopic (exact) mass is 302 g/mol. The summed E-state index contributed by atoms with van der Waals surface area (Å²) in [5.74, 6) is -1.78. The molecular weight excluding hydrogens is 286 g/mol. The third kappa shape index (κ3) is 2.98. The van der Waals surface area contributed by atoms with Crippen molar-refractivity contribution < 1.29 is 13.6 Å². The van der Waals surface area contributed by atoms with Gasteiger partial charge in [-0.3, -0.25) is 9.78 Å². The highest BCUT2D eigenvalue weighted by Crippen LogP contribution is 2.28. The van der Waals surface area contributed by atoms with Gasteiger partial charge in [-0.2, -0.15) is 0 Å². The van der Waals surface area contributed by atoms with Gasteiger partial charge in [0, 0.05) is 31.0 Å². The van der Waals surface area contributed by atoms with Crippen molar-refractivity contribution in [3.05, 3.63) is 65.5 Å². The average molecular weight is 302 g/mol. The van der Waals surface area contributed by atoms with Crippen molar-refractivity contribution in [2.75, 3.05) is 13.1 Å². The molecule has 1 aromatic carbocycles. The molecule has 1 aromatic heterocycles. The van der Waals surface area contributed by atoms with Gasteiger partial charge >= 0.3 is 0 Å². The molecule has 1 amide bonds. The van der Waals surface area contributed by atoms with Crippen LogP contribution in [0.5, 0.6) is 0 Å². The Labute approximate surface area is 127 Å². The van der Waals surface area contributed by atoms with Crippen molar-refractivity contribution in [3.8, 4) is 0 Å². The second-order valence-corrected chi connectivity index (χ2v) is 5.48. The molecule has 1 saturated heterocycles. The molecule has 1 aliphatic rings. The predicted octanol–water partition coefficient (Wildman–Crippen LogP) is 3.38. The molecule has 3 rings (SSSR count). The maximum Gasteiger partial charge on any atom is 0.253 e. The first-order chi connectivity index (χ1) is 10.6. The van der Waals surface area contributed by atoms with E-state index in [1.54, 1.807) is 11.1 Å². The maximum atomic E-state index is 13.2. The number of pyridine rings is 1. The summed E-state index contributed by atoms with van der Waals surface area (Å²) in [5, 5.41) is 0. The van der Waals surface area contributed by atoms with Crippen molar-refractivity contribution in [2.45, 2.75) is 18.8 Å². The number of hydrogen-bond acceptors (Lipinski definition) is 2. The average Bonchev–Trinajstić information content (AvgIpc) is 2.58. The summed E-state index contributed by atoms with van der Waals surface area (Å²) in [7, 11) is 0. The number of likely N-dealkylation sites (tertiary alicyclic amines) is 1. The van der Waals surface area contributed by atoms with Gasteiger partial charge in [-0.15, -0.1) is 0 Å². The lowest BCUT2D eigenvalue weighted by molar-refractivity contribution is 0.0712. The van der Waals surface area contributed by atoms with Crippen LogP contribution in [0.1, 0.15) is 34.7 Å². The van der Waals surface area contributed by atoms with Gasteiger partial charge in [0.05, 0.1) is 0 Å². The van der Waals surface area contributed by atoms with E-state index in [1.165, 1.54) is 11.6 Å². The summed E-state index contributed by atoms with van der Waals surface area (Å²) in [6.07, 6.45) is 5.30. The van der Waals surface area contributed by atoms with Crippen molar-refractivity contribution in [2.24, 2.45) is 0 Å². The molecule has 1 fully saturated rings. The van der Waals surface area contributed by atoms with Gasteiger partial charge in [0.1, 0.15) is 0 Å². The van der Waals surface area contributed by atoms with Crippen molar-refractivity contribution in [1.29, 1.82) is 0 Å². The quantitative estimate of drug-likeness (QED) is 0.852.